The smallest absolute Gasteiger partial charge is 0.245 e. The first-order valence-corrected chi connectivity index (χ1v) is 19.6. The fourth-order valence-electron chi connectivity index (χ4n) is 7.95. The largest absolute Gasteiger partial charge is 0.386 e. The van der Waals surface area contributed by atoms with Gasteiger partial charge in [-0.1, -0.05) is 91.6 Å². The summed E-state index contributed by atoms with van der Waals surface area (Å²) in [6.45, 7) is 16.1. The first kappa shape index (κ1) is 46.1. The molecule has 302 valence electrons. The standard InChI is InChI=1S/C41H71N5O7/c1-14-26(5)34(43-40(50)35(25(3)4)44(9)10)41(51)45(11)36(27(6)15-2)32(52-12)24-33(47)46-23-19-22-31(46)38(53-13)28(7)39(49)42-29(8)37(48)30-20-17-16-18-21-30/h16-18,20-21,25-29,31-32,34-38,48H,14-15,19,22-24H2,1-13H3,(H,42,49)(H,43,50)/t26-,27-,28+,29+,31-,32+,34?,35-,36-,37+,38+/m0/s1. The Morgan fingerprint density at radius 3 is 2.00 bits per heavy atom. The number of aliphatic hydroxyl groups is 1. The van der Waals surface area contributed by atoms with Crippen LogP contribution in [0.1, 0.15) is 99.2 Å². The fourth-order valence-corrected chi connectivity index (χ4v) is 7.95. The van der Waals surface area contributed by atoms with Crippen LogP contribution in [0.25, 0.3) is 0 Å². The van der Waals surface area contributed by atoms with Gasteiger partial charge in [-0.15, -0.1) is 0 Å². The van der Waals surface area contributed by atoms with E-state index in [4.69, 9.17) is 9.47 Å². The molecular formula is C41H71N5O7. The summed E-state index contributed by atoms with van der Waals surface area (Å²) in [7, 11) is 8.61. The van der Waals surface area contributed by atoms with Crippen LogP contribution in [0, 0.1) is 23.7 Å². The van der Waals surface area contributed by atoms with Gasteiger partial charge in [0.25, 0.3) is 0 Å². The zero-order valence-corrected chi connectivity index (χ0v) is 34.8. The van der Waals surface area contributed by atoms with Gasteiger partial charge in [0, 0.05) is 27.8 Å². The van der Waals surface area contributed by atoms with Gasteiger partial charge in [0.2, 0.25) is 23.6 Å². The van der Waals surface area contributed by atoms with Gasteiger partial charge in [-0.3, -0.25) is 24.1 Å². The third kappa shape index (κ3) is 12.0. The first-order chi connectivity index (χ1) is 25.0. The van der Waals surface area contributed by atoms with Gasteiger partial charge in [0.05, 0.1) is 54.8 Å². The molecule has 1 aliphatic heterocycles. The van der Waals surface area contributed by atoms with Gasteiger partial charge in [-0.25, -0.2) is 0 Å². The van der Waals surface area contributed by atoms with Crippen LogP contribution < -0.4 is 10.6 Å². The Bertz CT molecular complexity index is 1290. The van der Waals surface area contributed by atoms with Crippen molar-refractivity contribution in [3.63, 3.8) is 0 Å². The first-order valence-electron chi connectivity index (χ1n) is 19.6. The molecule has 0 aromatic heterocycles. The predicted octanol–water partition coefficient (Wildman–Crippen LogP) is 4.26. The Labute approximate surface area is 319 Å². The van der Waals surface area contributed by atoms with E-state index in [0.717, 1.165) is 12.8 Å². The van der Waals surface area contributed by atoms with E-state index in [0.29, 0.717) is 24.9 Å². The van der Waals surface area contributed by atoms with Crippen LogP contribution in [0.15, 0.2) is 30.3 Å². The maximum absolute atomic E-state index is 14.4. The molecule has 1 aromatic rings. The molecule has 4 amide bonds. The molecule has 11 atom stereocenters. The number of aliphatic hydroxyl groups excluding tert-OH is 1. The van der Waals surface area contributed by atoms with E-state index >= 15 is 0 Å². The van der Waals surface area contributed by atoms with Gasteiger partial charge in [0.15, 0.2) is 0 Å². The highest BCUT2D eigenvalue weighted by Gasteiger charge is 2.43. The topological polar surface area (TPSA) is 141 Å². The minimum atomic E-state index is -0.876. The zero-order chi connectivity index (χ0) is 40.2. The van der Waals surface area contributed by atoms with Crippen LogP contribution in [-0.4, -0.2) is 128 Å². The van der Waals surface area contributed by atoms with Crippen molar-refractivity contribution in [2.45, 2.75) is 136 Å². The Balaban J connectivity index is 2.28. The van der Waals surface area contributed by atoms with E-state index < -0.39 is 48.4 Å². The van der Waals surface area contributed by atoms with Crippen molar-refractivity contribution in [2.24, 2.45) is 23.7 Å². The number of rotatable bonds is 21. The number of nitrogens with zero attached hydrogens (tertiary/aromatic N) is 3. The number of hydrogen-bond acceptors (Lipinski definition) is 8. The van der Waals surface area contributed by atoms with Crippen LogP contribution in [0.3, 0.4) is 0 Å². The van der Waals surface area contributed by atoms with E-state index in [-0.39, 0.29) is 53.8 Å². The van der Waals surface area contributed by atoms with Gasteiger partial charge in [-0.2, -0.15) is 0 Å². The molecule has 1 saturated heterocycles. The molecule has 2 rings (SSSR count). The molecule has 0 saturated carbocycles. The predicted molar refractivity (Wildman–Crippen MR) is 209 cm³/mol. The Morgan fingerprint density at radius 2 is 1.49 bits per heavy atom. The third-order valence-corrected chi connectivity index (χ3v) is 11.5. The number of likely N-dealkylation sites (tertiary alicyclic amines) is 1. The summed E-state index contributed by atoms with van der Waals surface area (Å²) in [5.74, 6) is -1.48. The molecule has 1 aromatic carbocycles. The molecule has 0 aliphatic carbocycles. The number of hydrogen-bond donors (Lipinski definition) is 3. The lowest BCUT2D eigenvalue weighted by Gasteiger charge is -2.41. The van der Waals surface area contributed by atoms with Gasteiger partial charge >= 0.3 is 0 Å². The highest BCUT2D eigenvalue weighted by molar-refractivity contribution is 5.90. The van der Waals surface area contributed by atoms with E-state index in [2.05, 4.69) is 24.5 Å². The number of methoxy groups -OCH3 is 2. The maximum Gasteiger partial charge on any atom is 0.245 e. The summed E-state index contributed by atoms with van der Waals surface area (Å²) in [5.41, 5.74) is 0.712. The van der Waals surface area contributed by atoms with Gasteiger partial charge in [-0.05, 0) is 57.2 Å². The van der Waals surface area contributed by atoms with Crippen molar-refractivity contribution in [1.29, 1.82) is 0 Å². The molecule has 1 fully saturated rings. The van der Waals surface area contributed by atoms with Crippen LogP contribution in [0.4, 0.5) is 0 Å². The van der Waals surface area contributed by atoms with Crippen molar-refractivity contribution < 1.29 is 33.8 Å². The van der Waals surface area contributed by atoms with Crippen molar-refractivity contribution in [3.8, 4) is 0 Å². The van der Waals surface area contributed by atoms with Gasteiger partial charge < -0.3 is 35.0 Å². The second-order valence-electron chi connectivity index (χ2n) is 15.8. The van der Waals surface area contributed by atoms with Crippen LogP contribution in [-0.2, 0) is 28.7 Å². The van der Waals surface area contributed by atoms with E-state index in [1.54, 1.807) is 44.9 Å². The second-order valence-corrected chi connectivity index (χ2v) is 15.8. The van der Waals surface area contributed by atoms with E-state index in [1.165, 1.54) is 0 Å². The number of benzene rings is 1. The highest BCUT2D eigenvalue weighted by atomic mass is 16.5. The van der Waals surface area contributed by atoms with Crippen LogP contribution >= 0.6 is 0 Å². The third-order valence-electron chi connectivity index (χ3n) is 11.5. The molecule has 0 bridgehead atoms. The molecule has 53 heavy (non-hydrogen) atoms. The van der Waals surface area contributed by atoms with Crippen molar-refractivity contribution in [1.82, 2.24) is 25.3 Å². The molecule has 12 nitrogen and oxygen atoms in total. The minimum absolute atomic E-state index is 0.0155. The Morgan fingerprint density at radius 1 is 0.887 bits per heavy atom. The van der Waals surface area contributed by atoms with Crippen molar-refractivity contribution >= 4 is 23.6 Å². The maximum atomic E-state index is 14.4. The van der Waals surface area contributed by atoms with E-state index in [1.807, 2.05) is 77.0 Å². The molecule has 12 heteroatoms. The van der Waals surface area contributed by atoms with Crippen LogP contribution in [0.2, 0.25) is 0 Å². The van der Waals surface area contributed by atoms with E-state index in [9.17, 15) is 24.3 Å². The number of ether oxygens (including phenoxy) is 2. The second kappa shape index (κ2) is 21.7. The number of amides is 4. The van der Waals surface area contributed by atoms with Crippen LogP contribution in [0.5, 0.6) is 0 Å². The normalized spacial score (nSPS) is 20.5. The van der Waals surface area contributed by atoms with Crippen molar-refractivity contribution in [2.75, 3.05) is 41.9 Å². The average Bonchev–Trinajstić information content (AvgIpc) is 3.62. The molecule has 1 heterocycles. The Kier molecular flexibility index (Phi) is 18.9. The monoisotopic (exact) mass is 746 g/mol. The quantitative estimate of drug-likeness (QED) is 0.170. The number of likely N-dealkylation sites (N-methyl/N-ethyl adjacent to an activating group) is 2. The highest BCUT2D eigenvalue weighted by Crippen LogP contribution is 2.30. The van der Waals surface area contributed by atoms with Crippen molar-refractivity contribution in [3.05, 3.63) is 35.9 Å². The lowest BCUT2D eigenvalue weighted by Crippen LogP contribution is -2.60. The summed E-state index contributed by atoms with van der Waals surface area (Å²) in [4.78, 5) is 60.9. The summed E-state index contributed by atoms with van der Waals surface area (Å²) >= 11 is 0. The minimum Gasteiger partial charge on any atom is -0.386 e. The summed E-state index contributed by atoms with van der Waals surface area (Å²) < 4.78 is 12.0. The fraction of sp³-hybridized carbons (Fsp3) is 0.756. The molecule has 0 radical (unpaired) electrons. The zero-order valence-electron chi connectivity index (χ0n) is 34.8. The molecule has 1 unspecified atom stereocenters. The SMILES string of the molecule is CC[C@H](C)C(NC(=O)[C@H](C(C)C)N(C)C)C(=O)N(C)[C@@H]([C@@H](C)CC)[C@@H](CC(=O)N1CCC[C@H]1[C@H](OC)[C@@H](C)C(=O)N[C@H](C)[C@@H](O)c1ccccc1)OC. The molecular weight excluding hydrogens is 674 g/mol. The lowest BCUT2D eigenvalue weighted by molar-refractivity contribution is -0.148. The summed E-state index contributed by atoms with van der Waals surface area (Å²) in [5, 5.41) is 16.9. The number of carbonyl (C=O) groups is 4. The molecule has 1 aliphatic rings. The van der Waals surface area contributed by atoms with Gasteiger partial charge in [0.1, 0.15) is 6.04 Å². The number of carbonyl (C=O) groups excluding carboxylic acids is 4. The number of nitrogens with one attached hydrogen (secondary N) is 2. The molecule has 3 N–H and O–H groups in total. The average molecular weight is 746 g/mol. The lowest BCUT2D eigenvalue weighted by atomic mass is 9.88. The summed E-state index contributed by atoms with van der Waals surface area (Å²) in [6, 6.07) is 6.74. The Hall–Kier alpha value is -3.06. The summed E-state index contributed by atoms with van der Waals surface area (Å²) in [6.07, 6.45) is 0.845. The molecule has 0 spiro atoms.